The van der Waals surface area contributed by atoms with E-state index in [4.69, 9.17) is 10.2 Å². The van der Waals surface area contributed by atoms with Gasteiger partial charge in [0.1, 0.15) is 5.76 Å². The van der Waals surface area contributed by atoms with Crippen LogP contribution < -0.4 is 10.6 Å². The molecule has 1 aromatic heterocycles. The minimum absolute atomic E-state index is 0.675. The number of hydrogen-bond donors (Lipinski definition) is 1. The molecule has 0 aliphatic heterocycles. The van der Waals surface area contributed by atoms with E-state index in [9.17, 15) is 0 Å². The molecular weight excluding hydrogens is 236 g/mol. The molecule has 0 saturated carbocycles. The number of nitrogens with two attached hydrogens (primary N) is 1. The van der Waals surface area contributed by atoms with Crippen LogP contribution in [0, 0.1) is 6.92 Å². The molecule has 2 aromatic rings. The van der Waals surface area contributed by atoms with Crippen LogP contribution >= 0.6 is 0 Å². The van der Waals surface area contributed by atoms with Crippen LogP contribution in [0.2, 0.25) is 0 Å². The fraction of sp³-hybridized carbons (Fsp3) is 0.375. The Hall–Kier alpha value is -1.74. The van der Waals surface area contributed by atoms with E-state index >= 15 is 0 Å². The van der Waals surface area contributed by atoms with Gasteiger partial charge in [-0.15, -0.1) is 0 Å². The third-order valence-corrected chi connectivity index (χ3v) is 3.30. The SMILES string of the molecule is CCN(Cc1ccco1)c1ccc(C)cc1CCN. The number of rotatable bonds is 6. The van der Waals surface area contributed by atoms with E-state index in [0.29, 0.717) is 6.54 Å². The number of anilines is 1. The van der Waals surface area contributed by atoms with Crippen molar-refractivity contribution in [2.45, 2.75) is 26.8 Å². The van der Waals surface area contributed by atoms with Crippen molar-refractivity contribution >= 4 is 5.69 Å². The van der Waals surface area contributed by atoms with Gasteiger partial charge in [-0.1, -0.05) is 17.7 Å². The molecule has 3 heteroatoms. The van der Waals surface area contributed by atoms with Crippen molar-refractivity contribution in [2.24, 2.45) is 5.73 Å². The van der Waals surface area contributed by atoms with E-state index in [1.54, 1.807) is 6.26 Å². The number of nitrogens with zero attached hydrogens (tertiary/aromatic N) is 1. The maximum atomic E-state index is 5.72. The minimum Gasteiger partial charge on any atom is -0.467 e. The van der Waals surface area contributed by atoms with E-state index in [1.807, 2.05) is 12.1 Å². The maximum Gasteiger partial charge on any atom is 0.123 e. The molecule has 0 radical (unpaired) electrons. The first-order valence-corrected chi connectivity index (χ1v) is 6.81. The predicted octanol–water partition coefficient (Wildman–Crippen LogP) is 3.12. The minimum atomic E-state index is 0.675. The average Bonchev–Trinajstić information content (AvgIpc) is 2.90. The molecule has 0 spiro atoms. The summed E-state index contributed by atoms with van der Waals surface area (Å²) in [6.45, 7) is 6.70. The van der Waals surface area contributed by atoms with Gasteiger partial charge in [0.2, 0.25) is 0 Å². The van der Waals surface area contributed by atoms with E-state index in [0.717, 1.165) is 25.3 Å². The second-order valence-electron chi connectivity index (χ2n) is 4.76. The Balaban J connectivity index is 2.26. The first kappa shape index (κ1) is 13.7. The maximum absolute atomic E-state index is 5.72. The number of furan rings is 1. The highest BCUT2D eigenvalue weighted by Crippen LogP contribution is 2.24. The van der Waals surface area contributed by atoms with Crippen molar-refractivity contribution in [1.29, 1.82) is 0 Å². The molecule has 3 nitrogen and oxygen atoms in total. The molecule has 0 aliphatic carbocycles. The van der Waals surface area contributed by atoms with Crippen LogP contribution in [0.5, 0.6) is 0 Å². The van der Waals surface area contributed by atoms with Gasteiger partial charge in [-0.25, -0.2) is 0 Å². The Labute approximate surface area is 115 Å². The predicted molar refractivity (Wildman–Crippen MR) is 79.4 cm³/mol. The van der Waals surface area contributed by atoms with Crippen molar-refractivity contribution < 1.29 is 4.42 Å². The first-order valence-electron chi connectivity index (χ1n) is 6.81. The highest BCUT2D eigenvalue weighted by molar-refractivity contribution is 5.55. The van der Waals surface area contributed by atoms with Crippen LogP contribution in [0.3, 0.4) is 0 Å². The van der Waals surface area contributed by atoms with Crippen molar-refractivity contribution in [3.05, 3.63) is 53.5 Å². The van der Waals surface area contributed by atoms with Crippen LogP contribution in [0.25, 0.3) is 0 Å². The van der Waals surface area contributed by atoms with Crippen LogP contribution in [0.4, 0.5) is 5.69 Å². The van der Waals surface area contributed by atoms with Crippen LogP contribution in [0.1, 0.15) is 23.8 Å². The monoisotopic (exact) mass is 258 g/mol. The van der Waals surface area contributed by atoms with Gasteiger partial charge in [-0.05, 0) is 50.6 Å². The van der Waals surface area contributed by atoms with Crippen LogP contribution in [0.15, 0.2) is 41.0 Å². The van der Waals surface area contributed by atoms with Crippen molar-refractivity contribution in [3.8, 4) is 0 Å². The summed E-state index contributed by atoms with van der Waals surface area (Å²) < 4.78 is 5.44. The molecule has 0 atom stereocenters. The van der Waals surface area contributed by atoms with Gasteiger partial charge >= 0.3 is 0 Å². The van der Waals surface area contributed by atoms with Gasteiger partial charge in [0.15, 0.2) is 0 Å². The lowest BCUT2D eigenvalue weighted by molar-refractivity contribution is 0.503. The van der Waals surface area contributed by atoms with Gasteiger partial charge in [0.05, 0.1) is 12.8 Å². The highest BCUT2D eigenvalue weighted by atomic mass is 16.3. The third-order valence-electron chi connectivity index (χ3n) is 3.30. The van der Waals surface area contributed by atoms with Gasteiger partial charge in [0, 0.05) is 12.2 Å². The number of benzene rings is 1. The van der Waals surface area contributed by atoms with E-state index < -0.39 is 0 Å². The van der Waals surface area contributed by atoms with Crippen molar-refractivity contribution in [3.63, 3.8) is 0 Å². The second kappa shape index (κ2) is 6.43. The fourth-order valence-corrected chi connectivity index (χ4v) is 2.34. The zero-order chi connectivity index (χ0) is 13.7. The van der Waals surface area contributed by atoms with E-state index in [-0.39, 0.29) is 0 Å². The lowest BCUT2D eigenvalue weighted by Gasteiger charge is -2.25. The molecule has 0 fully saturated rings. The molecule has 0 bridgehead atoms. The molecule has 2 rings (SSSR count). The zero-order valence-electron chi connectivity index (χ0n) is 11.7. The molecule has 0 saturated heterocycles. The molecular formula is C16H22N2O. The van der Waals surface area contributed by atoms with Gasteiger partial charge in [-0.2, -0.15) is 0 Å². The van der Waals surface area contributed by atoms with Crippen LogP contribution in [-0.2, 0) is 13.0 Å². The summed E-state index contributed by atoms with van der Waals surface area (Å²) in [6.07, 6.45) is 2.63. The molecule has 0 unspecified atom stereocenters. The smallest absolute Gasteiger partial charge is 0.123 e. The Morgan fingerprint density at radius 3 is 2.74 bits per heavy atom. The molecule has 1 heterocycles. The lowest BCUT2D eigenvalue weighted by Crippen LogP contribution is -2.23. The zero-order valence-corrected chi connectivity index (χ0v) is 11.7. The lowest BCUT2D eigenvalue weighted by atomic mass is 10.1. The standard InChI is InChI=1S/C16H22N2O/c1-3-18(12-15-5-4-10-19-15)16-7-6-13(2)11-14(16)8-9-17/h4-7,10-11H,3,8-9,12,17H2,1-2H3. The Morgan fingerprint density at radius 2 is 2.11 bits per heavy atom. The Kier molecular flexibility index (Phi) is 4.63. The van der Waals surface area contributed by atoms with Gasteiger partial charge < -0.3 is 15.1 Å². The fourth-order valence-electron chi connectivity index (χ4n) is 2.34. The van der Waals surface area contributed by atoms with Crippen LogP contribution in [-0.4, -0.2) is 13.1 Å². The van der Waals surface area contributed by atoms with E-state index in [2.05, 4.69) is 36.9 Å². The normalized spacial score (nSPS) is 10.7. The first-order chi connectivity index (χ1) is 9.24. The summed E-state index contributed by atoms with van der Waals surface area (Å²) in [7, 11) is 0. The third kappa shape index (κ3) is 3.38. The van der Waals surface area contributed by atoms with Crippen molar-refractivity contribution in [2.75, 3.05) is 18.0 Å². The molecule has 0 amide bonds. The summed E-state index contributed by atoms with van der Waals surface area (Å²) >= 11 is 0. The summed E-state index contributed by atoms with van der Waals surface area (Å²) in [5.74, 6) is 0.987. The second-order valence-corrected chi connectivity index (χ2v) is 4.76. The number of aryl methyl sites for hydroxylation is 1. The van der Waals surface area contributed by atoms with Gasteiger partial charge in [-0.3, -0.25) is 0 Å². The molecule has 1 aromatic carbocycles. The van der Waals surface area contributed by atoms with Gasteiger partial charge in [0.25, 0.3) is 0 Å². The summed E-state index contributed by atoms with van der Waals surface area (Å²) in [5.41, 5.74) is 9.57. The number of hydrogen-bond acceptors (Lipinski definition) is 3. The van der Waals surface area contributed by atoms with E-state index in [1.165, 1.54) is 16.8 Å². The summed E-state index contributed by atoms with van der Waals surface area (Å²) in [4.78, 5) is 2.32. The van der Waals surface area contributed by atoms with Crippen molar-refractivity contribution in [1.82, 2.24) is 0 Å². The quantitative estimate of drug-likeness (QED) is 0.865. The molecule has 0 aliphatic rings. The summed E-state index contributed by atoms with van der Waals surface area (Å²) in [5, 5.41) is 0. The Morgan fingerprint density at radius 1 is 1.26 bits per heavy atom. The molecule has 19 heavy (non-hydrogen) atoms. The Bertz CT molecular complexity index is 505. The topological polar surface area (TPSA) is 42.4 Å². The molecule has 102 valence electrons. The largest absolute Gasteiger partial charge is 0.467 e. The average molecular weight is 258 g/mol. The summed E-state index contributed by atoms with van der Waals surface area (Å²) in [6, 6.07) is 10.5. The highest BCUT2D eigenvalue weighted by Gasteiger charge is 2.11. The molecule has 2 N–H and O–H groups in total.